The Hall–Kier alpha value is -3.59. The minimum Gasteiger partial charge on any atom is -0.464 e. The molecular weight excluding hydrogens is 324 g/mol. The van der Waals surface area contributed by atoms with Gasteiger partial charge < -0.3 is 9.47 Å². The van der Waals surface area contributed by atoms with Gasteiger partial charge in [0, 0.05) is 0 Å². The lowest BCUT2D eigenvalue weighted by Crippen LogP contribution is -2.02. The van der Waals surface area contributed by atoms with E-state index in [0.717, 1.165) is 11.1 Å². The smallest absolute Gasteiger partial charge is 0.346 e. The highest BCUT2D eigenvalue weighted by Gasteiger charge is 2.12. The number of carbonyl (C=O) groups is 1. The summed E-state index contributed by atoms with van der Waals surface area (Å²) in [6.45, 7) is 0. The quantitative estimate of drug-likeness (QED) is 0.434. The number of esters is 1. The van der Waals surface area contributed by atoms with Crippen molar-refractivity contribution in [2.24, 2.45) is 0 Å². The number of ether oxygens (including phenoxy) is 2. The molecule has 0 saturated heterocycles. The molecule has 0 saturated carbocycles. The van der Waals surface area contributed by atoms with Gasteiger partial charge in [-0.2, -0.15) is 0 Å². The average molecular weight is 342 g/mol. The Morgan fingerprint density at radius 3 is 1.85 bits per heavy atom. The second-order valence-corrected chi connectivity index (χ2v) is 5.45. The van der Waals surface area contributed by atoms with Gasteiger partial charge in [0.1, 0.15) is 11.3 Å². The largest absolute Gasteiger partial charge is 0.464 e. The Balaban J connectivity index is 1.65. The van der Waals surface area contributed by atoms with E-state index in [1.54, 1.807) is 30.5 Å². The zero-order valence-corrected chi connectivity index (χ0v) is 14.1. The van der Waals surface area contributed by atoms with Crippen LogP contribution in [0.4, 0.5) is 0 Å². The van der Waals surface area contributed by atoms with E-state index in [4.69, 9.17) is 9.47 Å². The fraction of sp³-hybridized carbons (Fsp3) is 0. The van der Waals surface area contributed by atoms with E-state index in [9.17, 15) is 4.79 Å². The van der Waals surface area contributed by atoms with E-state index in [1.807, 2.05) is 72.8 Å². The standard InChI is InChI=1S/C23H18O3/c24-23(26-18-16-20-11-5-2-6-12-20)21-13-7-8-14-22(21)25-17-15-19-9-3-1-4-10-19/h1-18H. The predicted molar refractivity (Wildman–Crippen MR) is 103 cm³/mol. The zero-order chi connectivity index (χ0) is 18.0. The van der Waals surface area contributed by atoms with Crippen LogP contribution in [0.15, 0.2) is 97.5 Å². The second-order valence-electron chi connectivity index (χ2n) is 5.45. The molecule has 3 aromatic carbocycles. The maximum Gasteiger partial charge on any atom is 0.346 e. The lowest BCUT2D eigenvalue weighted by molar-refractivity contribution is 0.0662. The SMILES string of the molecule is O=C(OC=Cc1ccccc1)c1ccccc1OC=Cc1ccccc1. The van der Waals surface area contributed by atoms with E-state index in [1.165, 1.54) is 6.26 Å². The topological polar surface area (TPSA) is 35.5 Å². The summed E-state index contributed by atoms with van der Waals surface area (Å²) >= 11 is 0. The molecule has 0 unspecified atom stereocenters. The molecule has 0 heterocycles. The van der Waals surface area contributed by atoms with Crippen LogP contribution in [0.3, 0.4) is 0 Å². The Morgan fingerprint density at radius 1 is 0.654 bits per heavy atom. The first-order chi connectivity index (χ1) is 12.8. The van der Waals surface area contributed by atoms with Crippen LogP contribution in [0.25, 0.3) is 12.2 Å². The molecule has 0 spiro atoms. The molecule has 0 aliphatic rings. The number of para-hydroxylation sites is 1. The first-order valence-corrected chi connectivity index (χ1v) is 8.23. The monoisotopic (exact) mass is 342 g/mol. The van der Waals surface area contributed by atoms with Gasteiger partial charge in [0.15, 0.2) is 0 Å². The minimum absolute atomic E-state index is 0.364. The first kappa shape index (κ1) is 17.2. The third-order valence-electron chi connectivity index (χ3n) is 3.60. The lowest BCUT2D eigenvalue weighted by atomic mass is 10.2. The molecule has 0 amide bonds. The molecule has 3 heteroatoms. The molecular formula is C23H18O3. The summed E-state index contributed by atoms with van der Waals surface area (Å²) in [4.78, 5) is 12.3. The van der Waals surface area contributed by atoms with Crippen molar-refractivity contribution in [3.63, 3.8) is 0 Å². The fourth-order valence-electron chi connectivity index (χ4n) is 2.29. The normalized spacial score (nSPS) is 10.9. The average Bonchev–Trinajstić information content (AvgIpc) is 2.70. The molecule has 0 aliphatic carbocycles. The van der Waals surface area contributed by atoms with Crippen LogP contribution in [-0.2, 0) is 4.74 Å². The first-order valence-electron chi connectivity index (χ1n) is 8.23. The Morgan fingerprint density at radius 2 is 1.19 bits per heavy atom. The highest BCUT2D eigenvalue weighted by atomic mass is 16.5. The molecule has 0 N–H and O–H groups in total. The van der Waals surface area contributed by atoms with Gasteiger partial charge in [0.05, 0.1) is 12.5 Å². The predicted octanol–water partition coefficient (Wildman–Crippen LogP) is 5.56. The number of hydrogen-bond acceptors (Lipinski definition) is 3. The van der Waals surface area contributed by atoms with Crippen molar-refractivity contribution in [1.29, 1.82) is 0 Å². The van der Waals surface area contributed by atoms with Crippen molar-refractivity contribution in [2.75, 3.05) is 0 Å². The molecule has 3 nitrogen and oxygen atoms in total. The number of hydrogen-bond donors (Lipinski definition) is 0. The Kier molecular flexibility index (Phi) is 5.99. The molecule has 0 aromatic heterocycles. The van der Waals surface area contributed by atoms with Crippen LogP contribution in [0.2, 0.25) is 0 Å². The molecule has 0 atom stereocenters. The van der Waals surface area contributed by atoms with Gasteiger partial charge in [0.2, 0.25) is 0 Å². The van der Waals surface area contributed by atoms with Gasteiger partial charge >= 0.3 is 5.97 Å². The van der Waals surface area contributed by atoms with Crippen LogP contribution in [0, 0.1) is 0 Å². The van der Waals surface area contributed by atoms with E-state index >= 15 is 0 Å². The van der Waals surface area contributed by atoms with Gasteiger partial charge in [-0.05, 0) is 35.4 Å². The Labute approximate surface area is 152 Å². The van der Waals surface area contributed by atoms with E-state index in [-0.39, 0.29) is 0 Å². The zero-order valence-electron chi connectivity index (χ0n) is 14.1. The fourth-order valence-corrected chi connectivity index (χ4v) is 2.29. The van der Waals surface area contributed by atoms with Gasteiger partial charge in [0.25, 0.3) is 0 Å². The van der Waals surface area contributed by atoms with Crippen LogP contribution in [-0.4, -0.2) is 5.97 Å². The second kappa shape index (κ2) is 9.04. The van der Waals surface area contributed by atoms with Crippen molar-refractivity contribution in [3.8, 4) is 5.75 Å². The summed E-state index contributed by atoms with van der Waals surface area (Å²) in [6.07, 6.45) is 6.50. The third kappa shape index (κ3) is 4.95. The number of rotatable bonds is 6. The van der Waals surface area contributed by atoms with Crippen molar-refractivity contribution < 1.29 is 14.3 Å². The van der Waals surface area contributed by atoms with Crippen LogP contribution in [0.1, 0.15) is 21.5 Å². The van der Waals surface area contributed by atoms with Gasteiger partial charge in [-0.1, -0.05) is 72.8 Å². The van der Waals surface area contributed by atoms with Crippen LogP contribution >= 0.6 is 0 Å². The molecule has 26 heavy (non-hydrogen) atoms. The lowest BCUT2D eigenvalue weighted by Gasteiger charge is -2.06. The summed E-state index contributed by atoms with van der Waals surface area (Å²) in [7, 11) is 0. The van der Waals surface area contributed by atoms with Gasteiger partial charge in [-0.3, -0.25) is 0 Å². The van der Waals surface area contributed by atoms with E-state index in [0.29, 0.717) is 11.3 Å². The third-order valence-corrected chi connectivity index (χ3v) is 3.60. The highest BCUT2D eigenvalue weighted by Crippen LogP contribution is 2.20. The number of benzene rings is 3. The Bertz CT molecular complexity index is 897. The number of carbonyl (C=O) groups excluding carboxylic acids is 1. The molecule has 0 fully saturated rings. The summed E-state index contributed by atoms with van der Waals surface area (Å²) in [6, 6.07) is 26.4. The van der Waals surface area contributed by atoms with Crippen LogP contribution in [0.5, 0.6) is 5.75 Å². The molecule has 3 rings (SSSR count). The van der Waals surface area contributed by atoms with Gasteiger partial charge in [-0.25, -0.2) is 4.79 Å². The van der Waals surface area contributed by atoms with Crippen molar-refractivity contribution in [2.45, 2.75) is 0 Å². The maximum absolute atomic E-state index is 12.3. The van der Waals surface area contributed by atoms with Crippen LogP contribution < -0.4 is 4.74 Å². The molecule has 0 aliphatic heterocycles. The molecule has 0 bridgehead atoms. The van der Waals surface area contributed by atoms with Crippen molar-refractivity contribution in [3.05, 3.63) is 114 Å². The maximum atomic E-state index is 12.3. The summed E-state index contributed by atoms with van der Waals surface area (Å²) in [5, 5.41) is 0. The minimum atomic E-state index is -0.471. The highest BCUT2D eigenvalue weighted by molar-refractivity contribution is 5.93. The van der Waals surface area contributed by atoms with Crippen molar-refractivity contribution >= 4 is 18.1 Å². The molecule has 0 radical (unpaired) electrons. The van der Waals surface area contributed by atoms with Crippen molar-refractivity contribution in [1.82, 2.24) is 0 Å². The summed E-state index contributed by atoms with van der Waals surface area (Å²) < 4.78 is 10.8. The van der Waals surface area contributed by atoms with E-state index in [2.05, 4.69) is 0 Å². The summed E-state index contributed by atoms with van der Waals surface area (Å²) in [5.74, 6) is -0.0290. The van der Waals surface area contributed by atoms with E-state index < -0.39 is 5.97 Å². The van der Waals surface area contributed by atoms with Gasteiger partial charge in [-0.15, -0.1) is 0 Å². The summed E-state index contributed by atoms with van der Waals surface area (Å²) in [5.41, 5.74) is 2.33. The molecule has 128 valence electrons. The molecule has 3 aromatic rings.